The van der Waals surface area contributed by atoms with Crippen LogP contribution in [0.5, 0.6) is 0 Å². The molecule has 8 heteroatoms. The van der Waals surface area contributed by atoms with Crippen LogP contribution in [-0.4, -0.2) is 26.6 Å². The Bertz CT molecular complexity index is 941. The second-order valence-electron chi connectivity index (χ2n) is 6.48. The normalized spacial score (nSPS) is 13.8. The number of rotatable bonds is 5. The maximum atomic E-state index is 12.4. The monoisotopic (exact) mass is 381 g/mol. The number of anilines is 2. The van der Waals surface area contributed by atoms with Crippen LogP contribution in [0.4, 0.5) is 11.4 Å². The van der Waals surface area contributed by atoms with E-state index in [1.165, 1.54) is 34.2 Å². The Morgan fingerprint density at radius 2 is 1.89 bits per heavy atom. The molecule has 2 amide bonds. The lowest BCUT2D eigenvalue weighted by atomic mass is 10.2. The Hall–Kier alpha value is -3.00. The summed E-state index contributed by atoms with van der Waals surface area (Å²) in [6.07, 6.45) is 6.23. The quantitative estimate of drug-likeness (QED) is 0.710. The van der Waals surface area contributed by atoms with Gasteiger partial charge in [-0.25, -0.2) is 9.67 Å². The van der Waals surface area contributed by atoms with Gasteiger partial charge >= 0.3 is 0 Å². The van der Waals surface area contributed by atoms with E-state index in [0.29, 0.717) is 11.4 Å². The molecule has 2 heterocycles. The van der Waals surface area contributed by atoms with Gasteiger partial charge in [0, 0.05) is 16.3 Å². The van der Waals surface area contributed by atoms with E-state index in [-0.39, 0.29) is 11.8 Å². The van der Waals surface area contributed by atoms with Gasteiger partial charge in [0.05, 0.1) is 4.88 Å². The Morgan fingerprint density at radius 3 is 2.56 bits per heavy atom. The van der Waals surface area contributed by atoms with E-state index >= 15 is 0 Å². The molecule has 3 aromatic rings. The average molecular weight is 381 g/mol. The predicted octanol–water partition coefficient (Wildman–Crippen LogP) is 3.28. The molecule has 7 nitrogen and oxygen atoms in total. The topological polar surface area (TPSA) is 88.9 Å². The molecule has 0 unspecified atom stereocenters. The summed E-state index contributed by atoms with van der Waals surface area (Å²) in [6, 6.07) is 8.60. The lowest BCUT2D eigenvalue weighted by Gasteiger charge is -2.12. The highest BCUT2D eigenvalue weighted by Gasteiger charge is 2.19. The number of aromatic nitrogens is 3. The van der Waals surface area contributed by atoms with Gasteiger partial charge < -0.3 is 10.6 Å². The van der Waals surface area contributed by atoms with E-state index < -0.39 is 6.04 Å². The van der Waals surface area contributed by atoms with Crippen LogP contribution in [0.3, 0.4) is 0 Å². The van der Waals surface area contributed by atoms with Gasteiger partial charge in [-0.05, 0) is 62.1 Å². The summed E-state index contributed by atoms with van der Waals surface area (Å²) in [5.74, 6) is -0.281. The third-order valence-corrected chi connectivity index (χ3v) is 5.83. The van der Waals surface area contributed by atoms with Crippen LogP contribution in [0.2, 0.25) is 0 Å². The van der Waals surface area contributed by atoms with Gasteiger partial charge in [-0.3, -0.25) is 9.59 Å². The number of thiophene rings is 1. The Kier molecular flexibility index (Phi) is 4.72. The highest BCUT2D eigenvalue weighted by atomic mass is 32.1. The molecule has 1 atom stereocenters. The zero-order valence-corrected chi connectivity index (χ0v) is 15.6. The Labute approximate surface area is 160 Å². The van der Waals surface area contributed by atoms with E-state index in [1.807, 2.05) is 6.07 Å². The zero-order valence-electron chi connectivity index (χ0n) is 14.8. The number of fused-ring (bicyclic) bond motifs is 1. The van der Waals surface area contributed by atoms with Gasteiger partial charge in [-0.2, -0.15) is 5.10 Å². The number of carbonyl (C=O) groups is 2. The van der Waals surface area contributed by atoms with Crippen LogP contribution in [0.1, 0.15) is 39.5 Å². The molecule has 1 aliphatic rings. The standard InChI is InChI=1S/C19H19N5O2S/c1-12(24-11-20-10-21-24)18(25)22-14-5-7-15(8-6-14)23-19(26)17-9-13-3-2-4-16(13)27-17/h5-12H,2-4H2,1H3,(H,22,25)(H,23,26)/t12-/m1/s1. The second kappa shape index (κ2) is 7.32. The number of amides is 2. The predicted molar refractivity (Wildman–Crippen MR) is 104 cm³/mol. The van der Waals surface area contributed by atoms with E-state index in [1.54, 1.807) is 42.5 Å². The Morgan fingerprint density at radius 1 is 1.15 bits per heavy atom. The van der Waals surface area contributed by atoms with Crippen molar-refractivity contribution >= 4 is 34.5 Å². The molecule has 0 radical (unpaired) electrons. The molecule has 0 saturated carbocycles. The van der Waals surface area contributed by atoms with Crippen LogP contribution < -0.4 is 10.6 Å². The van der Waals surface area contributed by atoms with Gasteiger partial charge in [-0.15, -0.1) is 11.3 Å². The van der Waals surface area contributed by atoms with Crippen LogP contribution >= 0.6 is 11.3 Å². The largest absolute Gasteiger partial charge is 0.324 e. The first-order valence-corrected chi connectivity index (χ1v) is 9.60. The zero-order chi connectivity index (χ0) is 18.8. The smallest absolute Gasteiger partial charge is 0.265 e. The minimum atomic E-state index is -0.465. The first-order valence-electron chi connectivity index (χ1n) is 8.78. The van der Waals surface area contributed by atoms with Crippen molar-refractivity contribution in [1.29, 1.82) is 0 Å². The molecule has 27 heavy (non-hydrogen) atoms. The van der Waals surface area contributed by atoms with Gasteiger partial charge in [-0.1, -0.05) is 0 Å². The summed E-state index contributed by atoms with van der Waals surface area (Å²) >= 11 is 1.58. The fourth-order valence-corrected chi connectivity index (χ4v) is 4.20. The molecule has 4 rings (SSSR count). The third-order valence-electron chi connectivity index (χ3n) is 4.59. The van der Waals surface area contributed by atoms with Crippen molar-refractivity contribution in [2.45, 2.75) is 32.2 Å². The van der Waals surface area contributed by atoms with E-state index in [4.69, 9.17) is 0 Å². The lowest BCUT2D eigenvalue weighted by Crippen LogP contribution is -2.24. The minimum absolute atomic E-state index is 0.0917. The highest BCUT2D eigenvalue weighted by molar-refractivity contribution is 7.14. The molecule has 1 aliphatic carbocycles. The highest BCUT2D eigenvalue weighted by Crippen LogP contribution is 2.31. The molecule has 0 bridgehead atoms. The third kappa shape index (κ3) is 3.75. The van der Waals surface area contributed by atoms with Gasteiger partial charge in [0.2, 0.25) is 5.91 Å². The molecule has 2 aromatic heterocycles. The van der Waals surface area contributed by atoms with E-state index in [9.17, 15) is 9.59 Å². The van der Waals surface area contributed by atoms with Crippen molar-refractivity contribution in [2.75, 3.05) is 10.6 Å². The van der Waals surface area contributed by atoms with Gasteiger partial charge in [0.15, 0.2) is 0 Å². The molecule has 0 aliphatic heterocycles. The number of benzene rings is 1. The number of nitrogens with zero attached hydrogens (tertiary/aromatic N) is 3. The molecule has 2 N–H and O–H groups in total. The number of carbonyl (C=O) groups excluding carboxylic acids is 2. The summed E-state index contributed by atoms with van der Waals surface area (Å²) in [7, 11) is 0. The molecule has 1 aromatic carbocycles. The van der Waals surface area contributed by atoms with Crippen molar-refractivity contribution in [1.82, 2.24) is 14.8 Å². The number of hydrogen-bond acceptors (Lipinski definition) is 5. The summed E-state index contributed by atoms with van der Waals surface area (Å²) in [5, 5.41) is 9.71. The van der Waals surface area contributed by atoms with E-state index in [0.717, 1.165) is 17.7 Å². The molecule has 0 saturated heterocycles. The maximum Gasteiger partial charge on any atom is 0.265 e. The van der Waals surface area contributed by atoms with Crippen molar-refractivity contribution in [2.24, 2.45) is 0 Å². The molecule has 0 fully saturated rings. The first-order chi connectivity index (χ1) is 13.1. The van der Waals surface area contributed by atoms with Crippen molar-refractivity contribution in [3.05, 3.63) is 58.3 Å². The van der Waals surface area contributed by atoms with Crippen LogP contribution in [0, 0.1) is 0 Å². The van der Waals surface area contributed by atoms with Gasteiger partial charge in [0.1, 0.15) is 18.7 Å². The molecule has 0 spiro atoms. The maximum absolute atomic E-state index is 12.4. The summed E-state index contributed by atoms with van der Waals surface area (Å²) in [4.78, 5) is 30.6. The lowest BCUT2D eigenvalue weighted by molar-refractivity contribution is -0.119. The SMILES string of the molecule is C[C@H](C(=O)Nc1ccc(NC(=O)c2cc3c(s2)CCC3)cc1)n1cncn1. The average Bonchev–Trinajstić information content (AvgIpc) is 3.39. The number of aryl methyl sites for hydroxylation is 2. The Balaban J connectivity index is 1.37. The minimum Gasteiger partial charge on any atom is -0.324 e. The molecule has 138 valence electrons. The molecular formula is C19H19N5O2S. The summed E-state index contributed by atoms with van der Waals surface area (Å²) in [5.41, 5.74) is 2.65. The van der Waals surface area contributed by atoms with Gasteiger partial charge in [0.25, 0.3) is 5.91 Å². The first kappa shape index (κ1) is 17.4. The van der Waals surface area contributed by atoms with Crippen LogP contribution in [0.25, 0.3) is 0 Å². The number of hydrogen-bond donors (Lipinski definition) is 2. The van der Waals surface area contributed by atoms with Crippen LogP contribution in [0.15, 0.2) is 43.0 Å². The summed E-state index contributed by atoms with van der Waals surface area (Å²) in [6.45, 7) is 1.75. The fourth-order valence-electron chi connectivity index (χ4n) is 3.05. The number of nitrogens with one attached hydrogen (secondary N) is 2. The fraction of sp³-hybridized carbons (Fsp3) is 0.263. The van der Waals surface area contributed by atoms with Crippen molar-refractivity contribution < 1.29 is 9.59 Å². The molecular weight excluding hydrogens is 362 g/mol. The summed E-state index contributed by atoms with van der Waals surface area (Å²) < 4.78 is 1.49. The van der Waals surface area contributed by atoms with Crippen LogP contribution in [-0.2, 0) is 17.6 Å². The second-order valence-corrected chi connectivity index (χ2v) is 7.62. The van der Waals surface area contributed by atoms with E-state index in [2.05, 4.69) is 20.7 Å². The van der Waals surface area contributed by atoms with Crippen molar-refractivity contribution in [3.63, 3.8) is 0 Å². The van der Waals surface area contributed by atoms with Crippen molar-refractivity contribution in [3.8, 4) is 0 Å².